The fourth-order valence-electron chi connectivity index (χ4n) is 2.70. The number of aliphatic hydroxyl groups is 1. The first-order valence-electron chi connectivity index (χ1n) is 6.34. The van der Waals surface area contributed by atoms with Crippen molar-refractivity contribution in [2.24, 2.45) is 0 Å². The summed E-state index contributed by atoms with van der Waals surface area (Å²) in [5, 5.41) is 10.6. The van der Waals surface area contributed by atoms with Crippen LogP contribution in [0.15, 0.2) is 12.1 Å². The predicted molar refractivity (Wildman–Crippen MR) is 69.2 cm³/mol. The third kappa shape index (κ3) is 1.86. The number of hydrogen-bond donors (Lipinski definition) is 1. The van der Waals surface area contributed by atoms with E-state index in [0.717, 1.165) is 25.7 Å². The fraction of sp³-hybridized carbons (Fsp3) is 0.571. The minimum Gasteiger partial charge on any atom is -0.448 e. The fourth-order valence-corrected chi connectivity index (χ4v) is 3.09. The van der Waals surface area contributed by atoms with Crippen LogP contribution in [0.2, 0.25) is 5.02 Å². The third-order valence-corrected chi connectivity index (χ3v) is 3.96. The smallest absolute Gasteiger partial charge is 0.251 e. The Morgan fingerprint density at radius 2 is 1.72 bits per heavy atom. The molecule has 1 spiro atoms. The second kappa shape index (κ2) is 3.78. The van der Waals surface area contributed by atoms with E-state index in [4.69, 9.17) is 21.1 Å². The lowest BCUT2D eigenvalue weighted by molar-refractivity contribution is -0.0717. The number of fused-ring (bicyclic) bond motifs is 1. The van der Waals surface area contributed by atoms with Crippen LogP contribution < -0.4 is 9.47 Å². The Kier molecular flexibility index (Phi) is 2.55. The van der Waals surface area contributed by atoms with Crippen molar-refractivity contribution >= 4 is 11.6 Å². The van der Waals surface area contributed by atoms with E-state index < -0.39 is 11.4 Å². The molecule has 1 fully saturated rings. The Morgan fingerprint density at radius 1 is 1.17 bits per heavy atom. The molecule has 0 atom stereocenters. The maximum Gasteiger partial charge on any atom is 0.251 e. The van der Waals surface area contributed by atoms with Crippen LogP contribution in [0.5, 0.6) is 11.5 Å². The maximum absolute atomic E-state index is 10.1. The van der Waals surface area contributed by atoms with Gasteiger partial charge in [0.1, 0.15) is 0 Å². The molecular weight excluding hydrogens is 252 g/mol. The summed E-state index contributed by atoms with van der Waals surface area (Å²) in [6, 6.07) is 3.54. The molecule has 1 aliphatic carbocycles. The number of rotatable bonds is 1. The molecular formula is C14H17ClO3. The summed E-state index contributed by atoms with van der Waals surface area (Å²) >= 11 is 6.19. The summed E-state index contributed by atoms with van der Waals surface area (Å²) in [6.07, 6.45) is 4.08. The number of ether oxygens (including phenoxy) is 2. The van der Waals surface area contributed by atoms with Gasteiger partial charge >= 0.3 is 0 Å². The third-order valence-electron chi connectivity index (χ3n) is 3.65. The van der Waals surface area contributed by atoms with Gasteiger partial charge in [0, 0.05) is 24.5 Å². The van der Waals surface area contributed by atoms with E-state index in [1.165, 1.54) is 0 Å². The van der Waals surface area contributed by atoms with E-state index in [1.54, 1.807) is 26.0 Å². The molecule has 1 heterocycles. The number of benzene rings is 1. The molecule has 1 N–H and O–H groups in total. The Labute approximate surface area is 112 Å². The molecule has 0 amide bonds. The Hall–Kier alpha value is -0.930. The lowest BCUT2D eigenvalue weighted by Crippen LogP contribution is -2.34. The van der Waals surface area contributed by atoms with Crippen molar-refractivity contribution in [2.75, 3.05) is 0 Å². The zero-order valence-corrected chi connectivity index (χ0v) is 11.4. The van der Waals surface area contributed by atoms with Gasteiger partial charge in [-0.3, -0.25) is 0 Å². The van der Waals surface area contributed by atoms with Gasteiger partial charge in [0.2, 0.25) is 0 Å². The summed E-state index contributed by atoms with van der Waals surface area (Å²) < 4.78 is 11.9. The van der Waals surface area contributed by atoms with Crippen LogP contribution in [-0.2, 0) is 5.60 Å². The number of halogens is 1. The van der Waals surface area contributed by atoms with Crippen molar-refractivity contribution < 1.29 is 14.6 Å². The van der Waals surface area contributed by atoms with Gasteiger partial charge in [-0.15, -0.1) is 0 Å². The van der Waals surface area contributed by atoms with Gasteiger partial charge in [0.15, 0.2) is 11.5 Å². The standard InChI is InChI=1S/C14H17ClO3/c1-13(2,16)9-7-11-12(8-10(9)15)18-14(17-11)5-3-4-6-14/h7-8,16H,3-6H2,1-2H3. The van der Waals surface area contributed by atoms with Crippen LogP contribution in [-0.4, -0.2) is 10.9 Å². The monoisotopic (exact) mass is 268 g/mol. The predicted octanol–water partition coefficient (Wildman–Crippen LogP) is 3.61. The molecule has 0 aromatic heterocycles. The Bertz CT molecular complexity index is 485. The van der Waals surface area contributed by atoms with Crippen LogP contribution in [0.4, 0.5) is 0 Å². The summed E-state index contributed by atoms with van der Waals surface area (Å²) in [7, 11) is 0. The van der Waals surface area contributed by atoms with Crippen molar-refractivity contribution in [1.29, 1.82) is 0 Å². The van der Waals surface area contributed by atoms with E-state index in [2.05, 4.69) is 0 Å². The molecule has 98 valence electrons. The highest BCUT2D eigenvalue weighted by molar-refractivity contribution is 6.31. The highest BCUT2D eigenvalue weighted by Crippen LogP contribution is 2.49. The Morgan fingerprint density at radius 3 is 2.28 bits per heavy atom. The summed E-state index contributed by atoms with van der Waals surface area (Å²) in [5.74, 6) is 0.900. The molecule has 1 aromatic carbocycles. The lowest BCUT2D eigenvalue weighted by atomic mass is 9.98. The molecule has 1 aromatic rings. The molecule has 0 radical (unpaired) electrons. The maximum atomic E-state index is 10.1. The average molecular weight is 269 g/mol. The van der Waals surface area contributed by atoms with Crippen molar-refractivity contribution in [1.82, 2.24) is 0 Å². The van der Waals surface area contributed by atoms with Gasteiger partial charge in [-0.2, -0.15) is 0 Å². The Balaban J connectivity index is 2.00. The van der Waals surface area contributed by atoms with Crippen molar-refractivity contribution in [3.63, 3.8) is 0 Å². The van der Waals surface area contributed by atoms with Crippen molar-refractivity contribution in [2.45, 2.75) is 50.9 Å². The number of hydrogen-bond acceptors (Lipinski definition) is 3. The van der Waals surface area contributed by atoms with E-state index in [-0.39, 0.29) is 0 Å². The summed E-state index contributed by atoms with van der Waals surface area (Å²) in [4.78, 5) is 0. The van der Waals surface area contributed by atoms with E-state index in [9.17, 15) is 5.11 Å². The van der Waals surface area contributed by atoms with Crippen LogP contribution in [0, 0.1) is 0 Å². The minimum absolute atomic E-state index is 0.482. The SMILES string of the molecule is CC(C)(O)c1cc2c(cc1Cl)OC1(CCCC1)O2. The molecule has 4 heteroatoms. The summed E-state index contributed by atoms with van der Waals surface area (Å²) in [6.45, 7) is 3.42. The normalized spacial score (nSPS) is 20.7. The van der Waals surface area contributed by atoms with E-state index in [0.29, 0.717) is 22.1 Å². The average Bonchev–Trinajstić information content (AvgIpc) is 2.82. The second-order valence-corrected chi connectivity index (χ2v) is 6.07. The molecule has 1 aliphatic heterocycles. The molecule has 3 rings (SSSR count). The first-order valence-corrected chi connectivity index (χ1v) is 6.72. The quantitative estimate of drug-likeness (QED) is 0.846. The first-order chi connectivity index (χ1) is 8.40. The highest BCUT2D eigenvalue weighted by Gasteiger charge is 2.44. The second-order valence-electron chi connectivity index (χ2n) is 5.66. The van der Waals surface area contributed by atoms with E-state index >= 15 is 0 Å². The first kappa shape index (κ1) is 12.1. The van der Waals surface area contributed by atoms with E-state index in [1.807, 2.05) is 0 Å². The van der Waals surface area contributed by atoms with Gasteiger partial charge in [-0.25, -0.2) is 0 Å². The minimum atomic E-state index is -0.985. The zero-order chi connectivity index (χ0) is 13.0. The van der Waals surface area contributed by atoms with Crippen LogP contribution >= 0.6 is 11.6 Å². The van der Waals surface area contributed by atoms with Crippen LogP contribution in [0.1, 0.15) is 45.1 Å². The van der Waals surface area contributed by atoms with Crippen molar-refractivity contribution in [3.05, 3.63) is 22.7 Å². The molecule has 0 bridgehead atoms. The van der Waals surface area contributed by atoms with Gasteiger partial charge in [0.05, 0.1) is 10.6 Å². The van der Waals surface area contributed by atoms with Crippen molar-refractivity contribution in [3.8, 4) is 11.5 Å². The van der Waals surface area contributed by atoms with Gasteiger partial charge in [-0.1, -0.05) is 11.6 Å². The summed E-state index contributed by atoms with van der Waals surface area (Å²) in [5.41, 5.74) is -0.317. The van der Waals surface area contributed by atoms with Gasteiger partial charge < -0.3 is 14.6 Å². The molecule has 18 heavy (non-hydrogen) atoms. The molecule has 0 saturated heterocycles. The van der Waals surface area contributed by atoms with Gasteiger partial charge in [-0.05, 0) is 32.8 Å². The molecule has 1 saturated carbocycles. The molecule has 2 aliphatic rings. The molecule has 0 unspecified atom stereocenters. The highest BCUT2D eigenvalue weighted by atomic mass is 35.5. The topological polar surface area (TPSA) is 38.7 Å². The van der Waals surface area contributed by atoms with Gasteiger partial charge in [0.25, 0.3) is 5.79 Å². The largest absolute Gasteiger partial charge is 0.448 e. The van der Waals surface area contributed by atoms with Crippen LogP contribution in [0.25, 0.3) is 0 Å². The molecule has 3 nitrogen and oxygen atoms in total. The zero-order valence-electron chi connectivity index (χ0n) is 10.6. The lowest BCUT2D eigenvalue weighted by Gasteiger charge is -2.21. The van der Waals surface area contributed by atoms with Crippen LogP contribution in [0.3, 0.4) is 0 Å².